The van der Waals surface area contributed by atoms with Gasteiger partial charge in [0.1, 0.15) is 5.75 Å². The van der Waals surface area contributed by atoms with Gasteiger partial charge in [-0.05, 0) is 61.0 Å². The van der Waals surface area contributed by atoms with Crippen molar-refractivity contribution in [2.75, 3.05) is 11.9 Å². The Morgan fingerprint density at radius 1 is 0.968 bits per heavy atom. The molecule has 0 atom stereocenters. The maximum atomic E-state index is 12.2. The smallest absolute Gasteiger partial charge is 0.276 e. The second-order valence-corrected chi connectivity index (χ2v) is 8.57. The second-order valence-electron chi connectivity index (χ2n) is 6.47. The molecular formula is C22H20ClN3O4S. The van der Waals surface area contributed by atoms with E-state index in [4.69, 9.17) is 16.3 Å². The van der Waals surface area contributed by atoms with Crippen molar-refractivity contribution in [3.05, 3.63) is 89.4 Å². The first-order chi connectivity index (χ1) is 14.8. The highest BCUT2D eigenvalue weighted by molar-refractivity contribution is 7.89. The Morgan fingerprint density at radius 2 is 1.61 bits per heavy atom. The molecule has 7 nitrogen and oxygen atoms in total. The fourth-order valence-electron chi connectivity index (χ4n) is 2.52. The second kappa shape index (κ2) is 10.1. The van der Waals surface area contributed by atoms with Crippen LogP contribution in [0.5, 0.6) is 5.75 Å². The van der Waals surface area contributed by atoms with E-state index in [0.29, 0.717) is 27.7 Å². The fraction of sp³-hybridized carbons (Fsp3) is 0.0909. The van der Waals surface area contributed by atoms with Crippen LogP contribution >= 0.6 is 11.6 Å². The zero-order chi connectivity index (χ0) is 22.3. The zero-order valence-corrected chi connectivity index (χ0v) is 18.2. The molecule has 0 spiro atoms. The van der Waals surface area contributed by atoms with Gasteiger partial charge in [0.2, 0.25) is 0 Å². The number of carbonyl (C=O) groups excluding carboxylic acids is 1. The number of ether oxygens (including phenoxy) is 1. The summed E-state index contributed by atoms with van der Waals surface area (Å²) in [4.78, 5) is 14.4. The molecule has 0 aromatic heterocycles. The number of nitrogens with one attached hydrogen (secondary N) is 2. The summed E-state index contributed by atoms with van der Waals surface area (Å²) in [6, 6.07) is 21.5. The van der Waals surface area contributed by atoms with Gasteiger partial charge in [0.15, 0.2) is 6.61 Å². The molecule has 3 aromatic carbocycles. The highest BCUT2D eigenvalue weighted by Gasteiger charge is 2.12. The number of halogens is 1. The molecule has 0 fully saturated rings. The number of amides is 1. The minimum Gasteiger partial charge on any atom is -0.484 e. The number of nitrogens with zero attached hydrogens (tertiary/aromatic N) is 1. The van der Waals surface area contributed by atoms with Gasteiger partial charge in [-0.2, -0.15) is 18.4 Å². The normalized spacial score (nSPS) is 11.6. The van der Waals surface area contributed by atoms with E-state index in [1.165, 1.54) is 12.1 Å². The summed E-state index contributed by atoms with van der Waals surface area (Å²) in [6.45, 7) is 1.53. The van der Waals surface area contributed by atoms with Crippen molar-refractivity contribution < 1.29 is 17.9 Å². The predicted molar refractivity (Wildman–Crippen MR) is 121 cm³/mol. The molecule has 31 heavy (non-hydrogen) atoms. The quantitative estimate of drug-likeness (QED) is 0.393. The van der Waals surface area contributed by atoms with Gasteiger partial charge in [0.25, 0.3) is 15.9 Å². The van der Waals surface area contributed by atoms with Crippen LogP contribution in [0.25, 0.3) is 0 Å². The average Bonchev–Trinajstić information content (AvgIpc) is 2.78. The van der Waals surface area contributed by atoms with Crippen molar-refractivity contribution in [3.63, 3.8) is 0 Å². The summed E-state index contributed by atoms with van der Waals surface area (Å²) in [5.74, 6) is 0.225. The minimum absolute atomic E-state index is 0.130. The number of anilines is 1. The molecular weight excluding hydrogens is 438 g/mol. The van der Waals surface area contributed by atoms with Crippen LogP contribution in [-0.2, 0) is 14.8 Å². The zero-order valence-electron chi connectivity index (χ0n) is 16.6. The number of benzene rings is 3. The van der Waals surface area contributed by atoms with E-state index in [1.807, 2.05) is 0 Å². The van der Waals surface area contributed by atoms with Crippen molar-refractivity contribution in [2.24, 2.45) is 5.10 Å². The van der Waals surface area contributed by atoms with Crippen LogP contribution in [0.1, 0.15) is 12.5 Å². The number of sulfonamides is 1. The summed E-state index contributed by atoms with van der Waals surface area (Å²) < 4.78 is 29.9. The van der Waals surface area contributed by atoms with Crippen LogP contribution < -0.4 is 14.9 Å². The SMILES string of the molecule is CC(=NNS(=O)(=O)c1ccccc1)c1ccc(NC(=O)COc2ccc(Cl)cc2)cc1. The fourth-order valence-corrected chi connectivity index (χ4v) is 3.52. The first-order valence-electron chi connectivity index (χ1n) is 9.23. The molecule has 9 heteroatoms. The third-order valence-corrected chi connectivity index (χ3v) is 5.63. The summed E-state index contributed by atoms with van der Waals surface area (Å²) in [7, 11) is -3.73. The lowest BCUT2D eigenvalue weighted by Crippen LogP contribution is -2.20. The Hall–Kier alpha value is -3.36. The molecule has 2 N–H and O–H groups in total. The van der Waals surface area contributed by atoms with Crippen molar-refractivity contribution in [1.29, 1.82) is 0 Å². The van der Waals surface area contributed by atoms with Gasteiger partial charge in [-0.1, -0.05) is 41.9 Å². The summed E-state index contributed by atoms with van der Waals surface area (Å²) in [5, 5.41) is 7.28. The molecule has 0 heterocycles. The van der Waals surface area contributed by atoms with Gasteiger partial charge in [-0.15, -0.1) is 0 Å². The van der Waals surface area contributed by atoms with Crippen LogP contribution in [0.15, 0.2) is 88.9 Å². The standard InChI is InChI=1S/C22H20ClN3O4S/c1-16(25-26-31(28,29)21-5-3-2-4-6-21)17-7-11-19(12-8-17)24-22(27)15-30-20-13-9-18(23)10-14-20/h2-14,26H,15H2,1H3,(H,24,27). The summed E-state index contributed by atoms with van der Waals surface area (Å²) in [6.07, 6.45) is 0. The van der Waals surface area contributed by atoms with Gasteiger partial charge >= 0.3 is 0 Å². The molecule has 0 aliphatic carbocycles. The first kappa shape index (κ1) is 22.3. The topological polar surface area (TPSA) is 96.9 Å². The van der Waals surface area contributed by atoms with Crippen LogP contribution in [0.3, 0.4) is 0 Å². The molecule has 1 amide bonds. The molecule has 0 saturated carbocycles. The third-order valence-electron chi connectivity index (χ3n) is 4.16. The molecule has 0 unspecified atom stereocenters. The molecule has 0 radical (unpaired) electrons. The van der Waals surface area contributed by atoms with E-state index in [1.54, 1.807) is 73.7 Å². The van der Waals surface area contributed by atoms with Crippen LogP contribution in [0.2, 0.25) is 5.02 Å². The highest BCUT2D eigenvalue weighted by Crippen LogP contribution is 2.16. The first-order valence-corrected chi connectivity index (χ1v) is 11.1. The van der Waals surface area contributed by atoms with Gasteiger partial charge in [0, 0.05) is 10.7 Å². The van der Waals surface area contributed by atoms with Crippen LogP contribution in [0.4, 0.5) is 5.69 Å². The number of hydrogen-bond donors (Lipinski definition) is 2. The molecule has 160 valence electrons. The Balaban J connectivity index is 1.55. The van der Waals surface area contributed by atoms with Crippen molar-refractivity contribution in [3.8, 4) is 5.75 Å². The molecule has 3 rings (SSSR count). The van der Waals surface area contributed by atoms with E-state index in [-0.39, 0.29) is 17.4 Å². The molecule has 0 bridgehead atoms. The largest absolute Gasteiger partial charge is 0.484 e. The molecule has 3 aromatic rings. The van der Waals surface area contributed by atoms with Gasteiger partial charge in [-0.3, -0.25) is 4.79 Å². The molecule has 0 aliphatic heterocycles. The molecule has 0 saturated heterocycles. The van der Waals surface area contributed by atoms with Crippen molar-refractivity contribution in [1.82, 2.24) is 4.83 Å². The monoisotopic (exact) mass is 457 g/mol. The van der Waals surface area contributed by atoms with Crippen molar-refractivity contribution >= 4 is 38.9 Å². The Kier molecular flexibility index (Phi) is 7.28. The van der Waals surface area contributed by atoms with E-state index in [9.17, 15) is 13.2 Å². The summed E-state index contributed by atoms with van der Waals surface area (Å²) >= 11 is 5.81. The van der Waals surface area contributed by atoms with Crippen LogP contribution in [-0.4, -0.2) is 26.6 Å². The third kappa shape index (κ3) is 6.56. The number of rotatable bonds is 8. The Bertz CT molecular complexity index is 1160. The van der Waals surface area contributed by atoms with E-state index >= 15 is 0 Å². The Morgan fingerprint density at radius 3 is 2.26 bits per heavy atom. The van der Waals surface area contributed by atoms with E-state index in [0.717, 1.165) is 0 Å². The number of hydrogen-bond acceptors (Lipinski definition) is 5. The lowest BCUT2D eigenvalue weighted by molar-refractivity contribution is -0.118. The number of hydrazone groups is 1. The van der Waals surface area contributed by atoms with Gasteiger partial charge in [0.05, 0.1) is 10.6 Å². The predicted octanol–water partition coefficient (Wildman–Crippen LogP) is 4.06. The summed E-state index contributed by atoms with van der Waals surface area (Å²) in [5.41, 5.74) is 1.75. The lowest BCUT2D eigenvalue weighted by Gasteiger charge is -2.09. The maximum Gasteiger partial charge on any atom is 0.276 e. The van der Waals surface area contributed by atoms with Gasteiger partial charge < -0.3 is 10.1 Å². The number of carbonyl (C=O) groups is 1. The minimum atomic E-state index is -3.73. The van der Waals surface area contributed by atoms with Crippen LogP contribution in [0, 0.1) is 0 Å². The molecule has 0 aliphatic rings. The lowest BCUT2D eigenvalue weighted by atomic mass is 10.1. The Labute approximate surface area is 185 Å². The van der Waals surface area contributed by atoms with E-state index in [2.05, 4.69) is 15.2 Å². The maximum absolute atomic E-state index is 12.2. The van der Waals surface area contributed by atoms with Gasteiger partial charge in [-0.25, -0.2) is 0 Å². The highest BCUT2D eigenvalue weighted by atomic mass is 35.5. The average molecular weight is 458 g/mol. The van der Waals surface area contributed by atoms with E-state index < -0.39 is 10.0 Å². The van der Waals surface area contributed by atoms with Crippen molar-refractivity contribution in [2.45, 2.75) is 11.8 Å².